The summed E-state index contributed by atoms with van der Waals surface area (Å²) in [6, 6.07) is 3.81. The maximum atomic E-state index is 14.8. The van der Waals surface area contributed by atoms with Gasteiger partial charge in [-0.3, -0.25) is 0 Å². The molecule has 164 valence electrons. The van der Waals surface area contributed by atoms with Gasteiger partial charge < -0.3 is 4.74 Å². The van der Waals surface area contributed by atoms with E-state index in [0.717, 1.165) is 38.5 Å². The van der Waals surface area contributed by atoms with E-state index in [1.165, 1.54) is 12.1 Å². The highest BCUT2D eigenvalue weighted by molar-refractivity contribution is 5.66. The Morgan fingerprint density at radius 1 is 0.867 bits per heavy atom. The van der Waals surface area contributed by atoms with Gasteiger partial charge in [0.25, 0.3) is 6.43 Å². The zero-order chi connectivity index (χ0) is 21.8. The molecule has 1 fully saturated rings. The number of alkyl halides is 2. The van der Waals surface area contributed by atoms with Gasteiger partial charge in [-0.2, -0.15) is 0 Å². The van der Waals surface area contributed by atoms with Crippen molar-refractivity contribution >= 4 is 0 Å². The van der Waals surface area contributed by atoms with Crippen LogP contribution in [0, 0.1) is 29.2 Å². The number of ether oxygens (including phenoxy) is 1. The van der Waals surface area contributed by atoms with E-state index in [4.69, 9.17) is 0 Å². The first-order chi connectivity index (χ1) is 14.3. The Bertz CT molecular complexity index is 828. The second kappa shape index (κ2) is 9.75. The fraction of sp³-hybridized carbons (Fsp3) is 0.478. The maximum Gasteiger partial charge on any atom is 0.272 e. The number of benzene rings is 2. The highest BCUT2D eigenvalue weighted by Gasteiger charge is 2.25. The number of rotatable bonds is 7. The lowest BCUT2D eigenvalue weighted by Gasteiger charge is -2.29. The molecule has 1 aliphatic rings. The second-order valence-corrected chi connectivity index (χ2v) is 7.84. The summed E-state index contributed by atoms with van der Waals surface area (Å²) in [6.45, 7) is 0.948. The van der Waals surface area contributed by atoms with Crippen LogP contribution in [-0.2, 0) is 0 Å². The van der Waals surface area contributed by atoms with Gasteiger partial charge in [0.1, 0.15) is 18.2 Å². The van der Waals surface area contributed by atoms with E-state index >= 15 is 0 Å². The lowest BCUT2D eigenvalue weighted by atomic mass is 9.77. The van der Waals surface area contributed by atoms with Crippen LogP contribution in [0.15, 0.2) is 24.3 Å². The predicted molar refractivity (Wildman–Crippen MR) is 103 cm³/mol. The first kappa shape index (κ1) is 22.5. The molecule has 0 bridgehead atoms. The molecule has 1 aliphatic carbocycles. The fourth-order valence-corrected chi connectivity index (χ4v) is 4.29. The van der Waals surface area contributed by atoms with Gasteiger partial charge in [-0.05, 0) is 72.9 Å². The minimum Gasteiger partial charge on any atom is -0.482 e. The average molecular weight is 430 g/mol. The lowest BCUT2D eigenvalue weighted by Crippen LogP contribution is -2.13. The molecule has 0 radical (unpaired) electrons. The van der Waals surface area contributed by atoms with Crippen LogP contribution in [0.1, 0.15) is 56.9 Å². The summed E-state index contributed by atoms with van der Waals surface area (Å²) in [6.07, 6.45) is 3.09. The zero-order valence-electron chi connectivity index (χ0n) is 16.7. The third-order valence-electron chi connectivity index (χ3n) is 5.72. The van der Waals surface area contributed by atoms with Gasteiger partial charge in [0.2, 0.25) is 0 Å². The molecule has 0 atom stereocenters. The van der Waals surface area contributed by atoms with Crippen LogP contribution in [-0.4, -0.2) is 13.0 Å². The molecule has 3 rings (SSSR count). The van der Waals surface area contributed by atoms with Crippen molar-refractivity contribution in [2.45, 2.75) is 57.8 Å². The van der Waals surface area contributed by atoms with Crippen LogP contribution in [0.5, 0.6) is 5.75 Å². The zero-order valence-corrected chi connectivity index (χ0v) is 16.7. The molecule has 1 saturated carbocycles. The summed E-state index contributed by atoms with van der Waals surface area (Å²) in [5, 5.41) is 0. The maximum absolute atomic E-state index is 14.8. The van der Waals surface area contributed by atoms with E-state index < -0.39 is 47.6 Å². The fourth-order valence-electron chi connectivity index (χ4n) is 4.29. The van der Waals surface area contributed by atoms with Crippen LogP contribution < -0.4 is 4.74 Å². The summed E-state index contributed by atoms with van der Waals surface area (Å²) < 4.78 is 86.6. The standard InChI is InChI=1S/C23H24F6O/c1-2-3-13-4-6-14(7-5-13)15-8-17(24)22(18(25)9-15)16-10-19(26)23(20(27)11-16)30-12-21(28)29/h8-11,13-14,21H,2-7,12H2,1H3/t13-,14-. The van der Waals surface area contributed by atoms with Crippen molar-refractivity contribution in [2.24, 2.45) is 5.92 Å². The largest absolute Gasteiger partial charge is 0.482 e. The van der Waals surface area contributed by atoms with Gasteiger partial charge >= 0.3 is 0 Å². The Balaban J connectivity index is 1.84. The van der Waals surface area contributed by atoms with Gasteiger partial charge in [0, 0.05) is 0 Å². The number of hydrogen-bond donors (Lipinski definition) is 0. The van der Waals surface area contributed by atoms with Crippen LogP contribution in [0.25, 0.3) is 11.1 Å². The predicted octanol–water partition coefficient (Wildman–Crippen LogP) is 7.63. The molecule has 2 aromatic carbocycles. The Labute approximate surface area is 172 Å². The van der Waals surface area contributed by atoms with Gasteiger partial charge in [0.15, 0.2) is 17.4 Å². The van der Waals surface area contributed by atoms with E-state index in [9.17, 15) is 26.3 Å². The number of halogens is 6. The Kier molecular flexibility index (Phi) is 7.32. The molecule has 2 aromatic rings. The van der Waals surface area contributed by atoms with E-state index in [0.29, 0.717) is 23.6 Å². The van der Waals surface area contributed by atoms with Gasteiger partial charge in [-0.1, -0.05) is 19.8 Å². The summed E-state index contributed by atoms with van der Waals surface area (Å²) in [5.41, 5.74) is -0.374. The molecule has 0 spiro atoms. The lowest BCUT2D eigenvalue weighted by molar-refractivity contribution is 0.0777. The van der Waals surface area contributed by atoms with Crippen molar-refractivity contribution in [3.05, 3.63) is 53.1 Å². The molecule has 0 saturated heterocycles. The van der Waals surface area contributed by atoms with Gasteiger partial charge in [-0.25, -0.2) is 26.3 Å². The van der Waals surface area contributed by atoms with Crippen LogP contribution >= 0.6 is 0 Å². The third kappa shape index (κ3) is 5.10. The van der Waals surface area contributed by atoms with Crippen molar-refractivity contribution in [3.63, 3.8) is 0 Å². The molecule has 0 unspecified atom stereocenters. The quantitative estimate of drug-likeness (QED) is 0.411. The molecular formula is C23H24F6O. The van der Waals surface area contributed by atoms with Crippen LogP contribution in [0.3, 0.4) is 0 Å². The normalized spacial score (nSPS) is 19.3. The smallest absolute Gasteiger partial charge is 0.272 e. The molecule has 0 amide bonds. The highest BCUT2D eigenvalue weighted by atomic mass is 19.3. The molecule has 0 aromatic heterocycles. The second-order valence-electron chi connectivity index (χ2n) is 7.84. The third-order valence-corrected chi connectivity index (χ3v) is 5.72. The van der Waals surface area contributed by atoms with Gasteiger partial charge in [-0.15, -0.1) is 0 Å². The van der Waals surface area contributed by atoms with Gasteiger partial charge in [0.05, 0.1) is 5.56 Å². The first-order valence-corrected chi connectivity index (χ1v) is 10.2. The highest BCUT2D eigenvalue weighted by Crippen LogP contribution is 2.40. The van der Waals surface area contributed by atoms with Crippen LogP contribution in [0.4, 0.5) is 26.3 Å². The minimum absolute atomic E-state index is 0.0507. The SMILES string of the molecule is CCC[C@H]1CC[C@H](c2cc(F)c(-c3cc(F)c(OCC(F)F)c(F)c3)c(F)c2)CC1. The van der Waals surface area contributed by atoms with Crippen molar-refractivity contribution in [1.82, 2.24) is 0 Å². The molecule has 30 heavy (non-hydrogen) atoms. The van der Waals surface area contributed by atoms with Crippen molar-refractivity contribution in [2.75, 3.05) is 6.61 Å². The topological polar surface area (TPSA) is 9.23 Å². The van der Waals surface area contributed by atoms with E-state index in [-0.39, 0.29) is 11.5 Å². The van der Waals surface area contributed by atoms with E-state index in [1.807, 2.05) is 0 Å². The van der Waals surface area contributed by atoms with Crippen molar-refractivity contribution in [1.29, 1.82) is 0 Å². The Morgan fingerprint density at radius 3 is 1.93 bits per heavy atom. The van der Waals surface area contributed by atoms with Crippen molar-refractivity contribution in [3.8, 4) is 16.9 Å². The summed E-state index contributed by atoms with van der Waals surface area (Å²) in [7, 11) is 0. The molecular weight excluding hydrogens is 406 g/mol. The minimum atomic E-state index is -2.91. The Hall–Kier alpha value is -2.18. The summed E-state index contributed by atoms with van der Waals surface area (Å²) in [5.74, 6) is -4.74. The van der Waals surface area contributed by atoms with E-state index in [1.54, 1.807) is 0 Å². The van der Waals surface area contributed by atoms with E-state index in [2.05, 4.69) is 11.7 Å². The molecule has 7 heteroatoms. The average Bonchev–Trinajstić information content (AvgIpc) is 2.67. The number of hydrogen-bond acceptors (Lipinski definition) is 1. The van der Waals surface area contributed by atoms with Crippen molar-refractivity contribution < 1.29 is 31.1 Å². The molecule has 0 heterocycles. The molecule has 0 aliphatic heterocycles. The Morgan fingerprint density at radius 2 is 1.43 bits per heavy atom. The van der Waals surface area contributed by atoms with Crippen LogP contribution in [0.2, 0.25) is 0 Å². The first-order valence-electron chi connectivity index (χ1n) is 10.2. The summed E-state index contributed by atoms with van der Waals surface area (Å²) >= 11 is 0. The summed E-state index contributed by atoms with van der Waals surface area (Å²) in [4.78, 5) is 0. The molecule has 0 N–H and O–H groups in total. The monoisotopic (exact) mass is 430 g/mol. The molecule has 1 nitrogen and oxygen atoms in total.